The zero-order chi connectivity index (χ0) is 14.9. The van der Waals surface area contributed by atoms with E-state index < -0.39 is 10.0 Å². The van der Waals surface area contributed by atoms with E-state index in [0.29, 0.717) is 11.4 Å². The van der Waals surface area contributed by atoms with Gasteiger partial charge in [-0.3, -0.25) is 4.72 Å². The van der Waals surface area contributed by atoms with E-state index in [-0.39, 0.29) is 4.90 Å². The highest BCUT2D eigenvalue weighted by molar-refractivity contribution is 9.10. The Labute approximate surface area is 134 Å². The van der Waals surface area contributed by atoms with Gasteiger partial charge in [-0.05, 0) is 48.9 Å². The Morgan fingerprint density at radius 2 is 1.65 bits per heavy atom. The van der Waals surface area contributed by atoms with Gasteiger partial charge in [-0.2, -0.15) is 0 Å². The van der Waals surface area contributed by atoms with Crippen molar-refractivity contribution in [3.8, 4) is 0 Å². The summed E-state index contributed by atoms with van der Waals surface area (Å²) in [6.07, 6.45) is 0. The summed E-state index contributed by atoms with van der Waals surface area (Å²) in [6.45, 7) is 1.79. The van der Waals surface area contributed by atoms with Crippen LogP contribution in [0.4, 0.5) is 11.4 Å². The monoisotopic (exact) mass is 418 g/mol. The van der Waals surface area contributed by atoms with Gasteiger partial charge < -0.3 is 5.73 Å². The zero-order valence-corrected chi connectivity index (χ0v) is 14.5. The standard InChI is InChI=1S/C13H12Br2N2O2S/c1-8-6-10(15)7-12(16)13(8)17-20(18,19)11-4-2-9(14)3-5-11/h2-7,17H,16H2,1H3. The van der Waals surface area contributed by atoms with Gasteiger partial charge in [0.05, 0.1) is 16.3 Å². The number of sulfonamides is 1. The lowest BCUT2D eigenvalue weighted by Gasteiger charge is -2.13. The van der Waals surface area contributed by atoms with Gasteiger partial charge in [-0.1, -0.05) is 31.9 Å². The molecule has 0 spiro atoms. The molecule has 0 aliphatic heterocycles. The zero-order valence-electron chi connectivity index (χ0n) is 10.5. The lowest BCUT2D eigenvalue weighted by molar-refractivity contribution is 0.601. The van der Waals surface area contributed by atoms with E-state index in [0.717, 1.165) is 14.5 Å². The molecule has 0 saturated carbocycles. The molecule has 0 atom stereocenters. The minimum absolute atomic E-state index is 0.183. The average molecular weight is 420 g/mol. The normalized spacial score (nSPS) is 11.3. The highest BCUT2D eigenvalue weighted by atomic mass is 79.9. The largest absolute Gasteiger partial charge is 0.397 e. The summed E-state index contributed by atoms with van der Waals surface area (Å²) in [5.74, 6) is 0. The molecule has 0 saturated heterocycles. The van der Waals surface area contributed by atoms with Gasteiger partial charge in [0, 0.05) is 8.95 Å². The molecule has 0 fully saturated rings. The smallest absolute Gasteiger partial charge is 0.261 e. The van der Waals surface area contributed by atoms with Crippen molar-refractivity contribution in [3.05, 3.63) is 50.9 Å². The molecule has 3 N–H and O–H groups in total. The lowest BCUT2D eigenvalue weighted by Crippen LogP contribution is -2.15. The molecule has 0 aliphatic rings. The quantitative estimate of drug-likeness (QED) is 0.741. The van der Waals surface area contributed by atoms with Gasteiger partial charge in [0.15, 0.2) is 0 Å². The van der Waals surface area contributed by atoms with Crippen molar-refractivity contribution in [2.45, 2.75) is 11.8 Å². The van der Waals surface area contributed by atoms with E-state index in [4.69, 9.17) is 5.73 Å². The summed E-state index contributed by atoms with van der Waals surface area (Å²) >= 11 is 6.59. The fraction of sp³-hybridized carbons (Fsp3) is 0.0769. The third-order valence-corrected chi connectivity index (χ3v) is 5.04. The van der Waals surface area contributed by atoms with Crippen molar-refractivity contribution in [3.63, 3.8) is 0 Å². The van der Waals surface area contributed by atoms with Crippen LogP contribution in [0.5, 0.6) is 0 Å². The summed E-state index contributed by atoms with van der Waals surface area (Å²) in [5.41, 5.74) is 7.39. The fourth-order valence-corrected chi connectivity index (χ4v) is 3.73. The summed E-state index contributed by atoms with van der Waals surface area (Å²) in [6, 6.07) is 9.86. The van der Waals surface area contributed by atoms with Crippen LogP contribution in [0.2, 0.25) is 0 Å². The SMILES string of the molecule is Cc1cc(Br)cc(N)c1NS(=O)(=O)c1ccc(Br)cc1. The topological polar surface area (TPSA) is 72.2 Å². The molecular weight excluding hydrogens is 408 g/mol. The van der Waals surface area contributed by atoms with Gasteiger partial charge >= 0.3 is 0 Å². The highest BCUT2D eigenvalue weighted by Gasteiger charge is 2.17. The number of rotatable bonds is 3. The van der Waals surface area contributed by atoms with Crippen LogP contribution in [0.15, 0.2) is 50.2 Å². The molecule has 20 heavy (non-hydrogen) atoms. The van der Waals surface area contributed by atoms with E-state index in [9.17, 15) is 8.42 Å². The van der Waals surface area contributed by atoms with Crippen molar-refractivity contribution < 1.29 is 8.42 Å². The number of anilines is 2. The molecule has 0 radical (unpaired) electrons. The van der Waals surface area contributed by atoms with E-state index in [2.05, 4.69) is 36.6 Å². The molecule has 0 bridgehead atoms. The number of hydrogen-bond donors (Lipinski definition) is 2. The first-order valence-electron chi connectivity index (χ1n) is 5.63. The number of hydrogen-bond acceptors (Lipinski definition) is 3. The molecule has 0 unspecified atom stereocenters. The van der Waals surface area contributed by atoms with Crippen molar-refractivity contribution in [1.29, 1.82) is 0 Å². The van der Waals surface area contributed by atoms with Crippen LogP contribution in [0.25, 0.3) is 0 Å². The van der Waals surface area contributed by atoms with Crippen LogP contribution >= 0.6 is 31.9 Å². The molecular formula is C13H12Br2N2O2S. The summed E-state index contributed by atoms with van der Waals surface area (Å²) in [4.78, 5) is 0.183. The van der Waals surface area contributed by atoms with Crippen molar-refractivity contribution in [1.82, 2.24) is 0 Å². The third-order valence-electron chi connectivity index (χ3n) is 2.69. The maximum absolute atomic E-state index is 12.3. The molecule has 0 aliphatic carbocycles. The molecule has 7 heteroatoms. The van der Waals surface area contributed by atoms with Crippen LogP contribution in [0.1, 0.15) is 5.56 Å². The summed E-state index contributed by atoms with van der Waals surface area (Å²) in [7, 11) is -3.65. The van der Waals surface area contributed by atoms with Crippen LogP contribution in [-0.4, -0.2) is 8.42 Å². The van der Waals surface area contributed by atoms with Crippen molar-refractivity contribution >= 4 is 53.3 Å². The van der Waals surface area contributed by atoms with Gasteiger partial charge in [0.25, 0.3) is 10.0 Å². The van der Waals surface area contributed by atoms with Gasteiger partial charge in [0.2, 0.25) is 0 Å². The van der Waals surface area contributed by atoms with E-state index in [1.165, 1.54) is 12.1 Å². The second kappa shape index (κ2) is 5.75. The Morgan fingerprint density at radius 3 is 2.20 bits per heavy atom. The minimum atomic E-state index is -3.65. The van der Waals surface area contributed by atoms with E-state index >= 15 is 0 Å². The molecule has 0 aromatic heterocycles. The molecule has 4 nitrogen and oxygen atoms in total. The Hall–Kier alpha value is -1.05. The Balaban J connectivity index is 2.41. The Kier molecular flexibility index (Phi) is 4.41. The third kappa shape index (κ3) is 3.34. The van der Waals surface area contributed by atoms with Crippen LogP contribution < -0.4 is 10.5 Å². The van der Waals surface area contributed by atoms with Crippen LogP contribution in [0, 0.1) is 6.92 Å². The van der Waals surface area contributed by atoms with Crippen LogP contribution in [-0.2, 0) is 10.0 Å². The molecule has 2 aromatic rings. The van der Waals surface area contributed by atoms with Crippen LogP contribution in [0.3, 0.4) is 0 Å². The number of aryl methyl sites for hydroxylation is 1. The number of nitrogens with one attached hydrogen (secondary N) is 1. The van der Waals surface area contributed by atoms with Gasteiger partial charge in [-0.25, -0.2) is 8.42 Å². The second-order valence-electron chi connectivity index (χ2n) is 4.25. The Bertz CT molecular complexity index is 720. The van der Waals surface area contributed by atoms with Crippen molar-refractivity contribution in [2.24, 2.45) is 0 Å². The maximum Gasteiger partial charge on any atom is 0.261 e. The maximum atomic E-state index is 12.3. The summed E-state index contributed by atoms with van der Waals surface area (Å²) in [5, 5.41) is 0. The molecule has 106 valence electrons. The molecule has 0 amide bonds. The first-order valence-corrected chi connectivity index (χ1v) is 8.70. The highest BCUT2D eigenvalue weighted by Crippen LogP contribution is 2.30. The minimum Gasteiger partial charge on any atom is -0.397 e. The summed E-state index contributed by atoms with van der Waals surface area (Å²) < 4.78 is 28.8. The average Bonchev–Trinajstić information content (AvgIpc) is 2.34. The molecule has 2 aromatic carbocycles. The number of halogens is 2. The van der Waals surface area contributed by atoms with Gasteiger partial charge in [-0.15, -0.1) is 0 Å². The van der Waals surface area contributed by atoms with E-state index in [1.807, 2.05) is 0 Å². The van der Waals surface area contributed by atoms with Gasteiger partial charge in [0.1, 0.15) is 0 Å². The lowest BCUT2D eigenvalue weighted by atomic mass is 10.2. The number of benzene rings is 2. The number of nitrogen functional groups attached to an aromatic ring is 1. The predicted molar refractivity (Wildman–Crippen MR) is 88.2 cm³/mol. The first kappa shape index (κ1) is 15.3. The fourth-order valence-electron chi connectivity index (χ4n) is 1.72. The van der Waals surface area contributed by atoms with Crippen molar-refractivity contribution in [2.75, 3.05) is 10.5 Å². The molecule has 2 rings (SSSR count). The number of nitrogens with two attached hydrogens (primary N) is 1. The molecule has 0 heterocycles. The predicted octanol–water partition coefficient (Wildman–Crippen LogP) is 3.90. The Morgan fingerprint density at radius 1 is 1.05 bits per heavy atom. The second-order valence-corrected chi connectivity index (χ2v) is 7.76. The first-order chi connectivity index (χ1) is 9.29. The van der Waals surface area contributed by atoms with E-state index in [1.54, 1.807) is 31.2 Å².